The zero-order valence-corrected chi connectivity index (χ0v) is 16.4. The first kappa shape index (κ1) is 19.4. The van der Waals surface area contributed by atoms with E-state index in [-0.39, 0.29) is 17.7 Å². The second kappa shape index (κ2) is 8.55. The van der Waals surface area contributed by atoms with Crippen molar-refractivity contribution in [2.75, 3.05) is 36.4 Å². The van der Waals surface area contributed by atoms with Crippen molar-refractivity contribution in [2.45, 2.75) is 19.9 Å². The van der Waals surface area contributed by atoms with Crippen LogP contribution in [-0.2, 0) is 4.79 Å². The van der Waals surface area contributed by atoms with Crippen LogP contribution in [0.15, 0.2) is 48.5 Å². The van der Waals surface area contributed by atoms with E-state index in [4.69, 9.17) is 11.6 Å². The predicted octanol–water partition coefficient (Wildman–Crippen LogP) is 3.69. The van der Waals surface area contributed by atoms with Gasteiger partial charge in [0.25, 0.3) is 0 Å². The Morgan fingerprint density at radius 2 is 1.63 bits per heavy atom. The minimum atomic E-state index is -0.231. The van der Waals surface area contributed by atoms with Crippen molar-refractivity contribution in [3.05, 3.63) is 59.1 Å². The van der Waals surface area contributed by atoms with E-state index in [0.29, 0.717) is 11.3 Å². The van der Waals surface area contributed by atoms with Crippen LogP contribution >= 0.6 is 11.6 Å². The number of Topliss-reactive ketones (excluding diaryl/α,β-unsaturated/α-hetero) is 1. The van der Waals surface area contributed by atoms with Gasteiger partial charge in [0.05, 0.1) is 16.8 Å². The van der Waals surface area contributed by atoms with E-state index in [2.05, 4.69) is 15.1 Å². The summed E-state index contributed by atoms with van der Waals surface area (Å²) in [6.45, 7) is 6.69. The summed E-state index contributed by atoms with van der Waals surface area (Å²) in [4.78, 5) is 28.3. The standard InChI is InChI=1S/C21H24ClN3O2/c1-15(21(27)23-18-9-7-17(8-10-18)16(2)26)24-11-13-25(14-12-24)20-6-4-3-5-19(20)22/h3-10,15H,11-14H2,1-2H3,(H,23,27)/t15-/m1/s1. The minimum absolute atomic E-state index is 0.0117. The number of nitrogens with one attached hydrogen (secondary N) is 1. The van der Waals surface area contributed by atoms with Gasteiger partial charge in [-0.05, 0) is 50.2 Å². The molecule has 0 aromatic heterocycles. The molecule has 6 heteroatoms. The van der Waals surface area contributed by atoms with Crippen LogP contribution in [0.1, 0.15) is 24.2 Å². The number of rotatable bonds is 5. The molecule has 0 spiro atoms. The van der Waals surface area contributed by atoms with Crippen LogP contribution in [0.5, 0.6) is 0 Å². The van der Waals surface area contributed by atoms with Crippen LogP contribution in [0, 0.1) is 0 Å². The van der Waals surface area contributed by atoms with Gasteiger partial charge < -0.3 is 10.2 Å². The number of benzene rings is 2. The van der Waals surface area contributed by atoms with Crippen molar-refractivity contribution < 1.29 is 9.59 Å². The van der Waals surface area contributed by atoms with E-state index in [9.17, 15) is 9.59 Å². The normalized spacial score (nSPS) is 16.0. The van der Waals surface area contributed by atoms with E-state index in [0.717, 1.165) is 36.9 Å². The summed E-state index contributed by atoms with van der Waals surface area (Å²) in [7, 11) is 0. The lowest BCUT2D eigenvalue weighted by Crippen LogP contribution is -2.52. The Hall–Kier alpha value is -2.37. The van der Waals surface area contributed by atoms with Gasteiger partial charge in [-0.1, -0.05) is 23.7 Å². The average molecular weight is 386 g/mol. The van der Waals surface area contributed by atoms with Crippen LogP contribution in [0.25, 0.3) is 0 Å². The summed E-state index contributed by atoms with van der Waals surface area (Å²) in [6.07, 6.45) is 0. The summed E-state index contributed by atoms with van der Waals surface area (Å²) in [5.41, 5.74) is 2.38. The Morgan fingerprint density at radius 1 is 1.00 bits per heavy atom. The molecular formula is C21H24ClN3O2. The van der Waals surface area contributed by atoms with Gasteiger partial charge in [0, 0.05) is 37.4 Å². The summed E-state index contributed by atoms with van der Waals surface area (Å²) in [5.74, 6) is -0.0330. The number of piperazine rings is 1. The first-order chi connectivity index (χ1) is 13.0. The maximum atomic E-state index is 12.6. The number of hydrogen-bond acceptors (Lipinski definition) is 4. The maximum absolute atomic E-state index is 12.6. The van der Waals surface area contributed by atoms with Gasteiger partial charge >= 0.3 is 0 Å². The zero-order valence-electron chi connectivity index (χ0n) is 15.6. The zero-order chi connectivity index (χ0) is 19.4. The van der Waals surface area contributed by atoms with Gasteiger partial charge in [-0.25, -0.2) is 0 Å². The molecule has 1 N–H and O–H groups in total. The molecule has 0 unspecified atom stereocenters. The number of amides is 1. The van der Waals surface area contributed by atoms with Gasteiger partial charge in [0.1, 0.15) is 0 Å². The van der Waals surface area contributed by atoms with Crippen molar-refractivity contribution in [3.63, 3.8) is 0 Å². The molecule has 1 saturated heterocycles. The second-order valence-electron chi connectivity index (χ2n) is 6.77. The molecule has 0 radical (unpaired) electrons. The smallest absolute Gasteiger partial charge is 0.241 e. The molecule has 1 aliphatic heterocycles. The van der Waals surface area contributed by atoms with Crippen LogP contribution in [0.2, 0.25) is 5.02 Å². The van der Waals surface area contributed by atoms with E-state index >= 15 is 0 Å². The number of ketones is 1. The minimum Gasteiger partial charge on any atom is -0.368 e. The Kier molecular flexibility index (Phi) is 6.14. The van der Waals surface area contributed by atoms with Gasteiger partial charge in [-0.3, -0.25) is 14.5 Å². The molecule has 2 aromatic rings. The van der Waals surface area contributed by atoms with Crippen LogP contribution < -0.4 is 10.2 Å². The predicted molar refractivity (Wildman–Crippen MR) is 110 cm³/mol. The largest absolute Gasteiger partial charge is 0.368 e. The molecule has 0 bridgehead atoms. The van der Waals surface area contributed by atoms with E-state index < -0.39 is 0 Å². The monoisotopic (exact) mass is 385 g/mol. The Morgan fingerprint density at radius 3 is 2.22 bits per heavy atom. The molecule has 3 rings (SSSR count). The molecule has 5 nitrogen and oxygen atoms in total. The molecule has 27 heavy (non-hydrogen) atoms. The summed E-state index contributed by atoms with van der Waals surface area (Å²) in [5, 5.41) is 3.69. The van der Waals surface area contributed by atoms with Crippen molar-refractivity contribution in [2.24, 2.45) is 0 Å². The SMILES string of the molecule is CC(=O)c1ccc(NC(=O)[C@@H](C)N2CCN(c3ccccc3Cl)CC2)cc1. The third kappa shape index (κ3) is 4.67. The van der Waals surface area contributed by atoms with E-state index in [1.54, 1.807) is 24.3 Å². The lowest BCUT2D eigenvalue weighted by Gasteiger charge is -2.38. The maximum Gasteiger partial charge on any atom is 0.241 e. The van der Waals surface area contributed by atoms with E-state index in [1.807, 2.05) is 31.2 Å². The number of nitrogens with zero attached hydrogens (tertiary/aromatic N) is 2. The van der Waals surface area contributed by atoms with Gasteiger partial charge in [-0.15, -0.1) is 0 Å². The fraction of sp³-hybridized carbons (Fsp3) is 0.333. The lowest BCUT2D eigenvalue weighted by atomic mass is 10.1. The fourth-order valence-electron chi connectivity index (χ4n) is 3.26. The van der Waals surface area contributed by atoms with Crippen molar-refractivity contribution in [3.8, 4) is 0 Å². The molecular weight excluding hydrogens is 362 g/mol. The number of carbonyl (C=O) groups is 2. The number of carbonyl (C=O) groups excluding carboxylic acids is 2. The van der Waals surface area contributed by atoms with Crippen molar-refractivity contribution >= 4 is 34.7 Å². The molecule has 1 atom stereocenters. The summed E-state index contributed by atoms with van der Waals surface area (Å²) >= 11 is 6.29. The first-order valence-electron chi connectivity index (χ1n) is 9.11. The van der Waals surface area contributed by atoms with Crippen molar-refractivity contribution in [1.29, 1.82) is 0 Å². The Bertz CT molecular complexity index is 814. The molecule has 0 aliphatic carbocycles. The quantitative estimate of drug-likeness (QED) is 0.797. The molecule has 142 valence electrons. The Labute approximate surface area is 164 Å². The summed E-state index contributed by atoms with van der Waals surface area (Å²) < 4.78 is 0. The number of hydrogen-bond donors (Lipinski definition) is 1. The third-order valence-electron chi connectivity index (χ3n) is 4.99. The van der Waals surface area contributed by atoms with E-state index in [1.165, 1.54) is 6.92 Å². The highest BCUT2D eigenvalue weighted by atomic mass is 35.5. The molecule has 0 saturated carbocycles. The highest BCUT2D eigenvalue weighted by Crippen LogP contribution is 2.26. The summed E-state index contributed by atoms with van der Waals surface area (Å²) in [6, 6.07) is 14.6. The van der Waals surface area contributed by atoms with Crippen LogP contribution in [0.4, 0.5) is 11.4 Å². The highest BCUT2D eigenvalue weighted by molar-refractivity contribution is 6.33. The van der Waals surface area contributed by atoms with Gasteiger partial charge in [0.15, 0.2) is 5.78 Å². The topological polar surface area (TPSA) is 52.7 Å². The van der Waals surface area contributed by atoms with Crippen molar-refractivity contribution in [1.82, 2.24) is 4.90 Å². The van der Waals surface area contributed by atoms with Gasteiger partial charge in [0.2, 0.25) is 5.91 Å². The molecule has 1 fully saturated rings. The lowest BCUT2D eigenvalue weighted by molar-refractivity contribution is -0.120. The van der Waals surface area contributed by atoms with Gasteiger partial charge in [-0.2, -0.15) is 0 Å². The Balaban J connectivity index is 1.55. The molecule has 1 amide bonds. The highest BCUT2D eigenvalue weighted by Gasteiger charge is 2.26. The second-order valence-corrected chi connectivity index (χ2v) is 7.18. The number of anilines is 2. The van der Waals surface area contributed by atoms with Crippen LogP contribution in [0.3, 0.4) is 0 Å². The molecule has 2 aromatic carbocycles. The molecule has 1 heterocycles. The average Bonchev–Trinajstić information content (AvgIpc) is 2.68. The number of halogens is 1. The molecule has 1 aliphatic rings. The van der Waals surface area contributed by atoms with Crippen LogP contribution in [-0.4, -0.2) is 48.8 Å². The third-order valence-corrected chi connectivity index (χ3v) is 5.31. The fourth-order valence-corrected chi connectivity index (χ4v) is 3.51. The first-order valence-corrected chi connectivity index (χ1v) is 9.49. The number of para-hydroxylation sites is 1.